The Morgan fingerprint density at radius 1 is 0.721 bits per heavy atom. The van der Waals surface area contributed by atoms with Crippen LogP contribution in [0.3, 0.4) is 0 Å². The van der Waals surface area contributed by atoms with Crippen LogP contribution in [0.2, 0.25) is 0 Å². The standard InChI is InChI=1S/C34H15F3N6/c1-18-24(33(42-2)43-3)12-26-28(18)29(21-8-4-19(14-38)5-9-21)27-13-25(23(16-40)17-41)32(34(35,36)37)31(27)30(26)22-10-6-20(15-39)7-11-22/h4-11H,12-13H2,1H3. The first-order valence-corrected chi connectivity index (χ1v) is 12.7. The summed E-state index contributed by atoms with van der Waals surface area (Å²) in [5.74, 6) is -0.192. The summed E-state index contributed by atoms with van der Waals surface area (Å²) in [6.45, 7) is 16.9. The van der Waals surface area contributed by atoms with Gasteiger partial charge in [0.25, 0.3) is 0 Å². The molecule has 0 atom stereocenters. The van der Waals surface area contributed by atoms with E-state index in [1.807, 2.05) is 12.1 Å². The fourth-order valence-electron chi connectivity index (χ4n) is 5.93. The smallest absolute Gasteiger partial charge is 0.192 e. The van der Waals surface area contributed by atoms with Gasteiger partial charge in [0.05, 0.1) is 34.4 Å². The van der Waals surface area contributed by atoms with Crippen molar-refractivity contribution >= 4 is 11.1 Å². The quantitative estimate of drug-likeness (QED) is 0.275. The molecule has 0 aromatic heterocycles. The molecule has 0 amide bonds. The maximum Gasteiger partial charge on any atom is 0.523 e. The van der Waals surface area contributed by atoms with Gasteiger partial charge in [0.15, 0.2) is 0 Å². The van der Waals surface area contributed by atoms with E-state index in [0.717, 1.165) is 0 Å². The monoisotopic (exact) mass is 564 g/mol. The van der Waals surface area contributed by atoms with Crippen LogP contribution >= 0.6 is 0 Å². The van der Waals surface area contributed by atoms with E-state index >= 15 is 13.2 Å². The molecule has 9 heteroatoms. The molecule has 0 spiro atoms. The Labute approximate surface area is 244 Å². The third-order valence-electron chi connectivity index (χ3n) is 7.69. The number of allylic oxidation sites excluding steroid dienone is 3. The summed E-state index contributed by atoms with van der Waals surface area (Å²) in [5, 5.41) is 38.4. The number of nitriles is 4. The maximum atomic E-state index is 15.0. The van der Waals surface area contributed by atoms with Gasteiger partial charge < -0.3 is 0 Å². The van der Waals surface area contributed by atoms with E-state index in [2.05, 4.69) is 9.69 Å². The summed E-state index contributed by atoms with van der Waals surface area (Å²) in [5.41, 5.74) is 1.61. The summed E-state index contributed by atoms with van der Waals surface area (Å²) < 4.78 is 45.1. The second-order valence-electron chi connectivity index (χ2n) is 9.79. The van der Waals surface area contributed by atoms with Crippen molar-refractivity contribution in [2.24, 2.45) is 0 Å². The molecular formula is C34H15F3N6. The van der Waals surface area contributed by atoms with Gasteiger partial charge in [-0.1, -0.05) is 24.3 Å². The maximum absolute atomic E-state index is 15.0. The third kappa shape index (κ3) is 4.40. The molecule has 202 valence electrons. The topological polar surface area (TPSA) is 104 Å². The van der Waals surface area contributed by atoms with Crippen molar-refractivity contribution in [2.45, 2.75) is 25.9 Å². The lowest BCUT2D eigenvalue weighted by Gasteiger charge is -2.17. The van der Waals surface area contributed by atoms with Crippen LogP contribution in [0.1, 0.15) is 29.2 Å². The Morgan fingerprint density at radius 2 is 1.16 bits per heavy atom. The Bertz CT molecular complexity index is 2180. The Balaban J connectivity index is 2.14. The molecule has 0 fully saturated rings. The van der Waals surface area contributed by atoms with Gasteiger partial charge in [0, 0.05) is 6.42 Å². The van der Waals surface area contributed by atoms with Crippen LogP contribution in [0.25, 0.3) is 43.1 Å². The molecule has 3 aromatic rings. The number of hydrogen-bond acceptors (Lipinski definition) is 4. The third-order valence-corrected chi connectivity index (χ3v) is 7.69. The Kier molecular flexibility index (Phi) is 6.90. The fourth-order valence-corrected chi connectivity index (χ4v) is 5.93. The van der Waals surface area contributed by atoms with Crippen molar-refractivity contribution in [1.29, 1.82) is 21.0 Å². The molecule has 0 saturated carbocycles. The number of benzene rings is 3. The molecule has 2 aliphatic rings. The van der Waals surface area contributed by atoms with Gasteiger partial charge in [0.1, 0.15) is 30.9 Å². The largest absolute Gasteiger partial charge is 0.523 e. The molecule has 0 unspecified atom stereocenters. The van der Waals surface area contributed by atoms with Crippen molar-refractivity contribution in [3.8, 4) is 46.5 Å². The summed E-state index contributed by atoms with van der Waals surface area (Å²) in [4.78, 5) is 6.76. The van der Waals surface area contributed by atoms with Crippen LogP contribution in [0, 0.1) is 58.5 Å². The zero-order valence-electron chi connectivity index (χ0n) is 22.4. The van der Waals surface area contributed by atoms with E-state index < -0.39 is 22.9 Å². The van der Waals surface area contributed by atoms with Crippen LogP contribution < -0.4 is 10.4 Å². The molecule has 3 aromatic carbocycles. The average molecular weight is 565 g/mol. The van der Waals surface area contributed by atoms with Crippen molar-refractivity contribution in [2.75, 3.05) is 0 Å². The predicted octanol–water partition coefficient (Wildman–Crippen LogP) is 6.15. The summed E-state index contributed by atoms with van der Waals surface area (Å²) in [6.07, 6.45) is -5.32. The number of alkyl halides is 3. The molecule has 0 radical (unpaired) electrons. The summed E-state index contributed by atoms with van der Waals surface area (Å²) in [7, 11) is 0. The summed E-state index contributed by atoms with van der Waals surface area (Å²) >= 11 is 0. The Morgan fingerprint density at radius 3 is 1.58 bits per heavy atom. The van der Waals surface area contributed by atoms with Gasteiger partial charge in [-0.3, -0.25) is 0 Å². The van der Waals surface area contributed by atoms with Crippen LogP contribution in [-0.4, -0.2) is 6.18 Å². The molecule has 0 bridgehead atoms. The Hall–Kier alpha value is -6.39. The molecule has 5 rings (SSSR count). The highest BCUT2D eigenvalue weighted by Crippen LogP contribution is 2.43. The number of fused-ring (bicyclic) bond motifs is 2. The zero-order valence-corrected chi connectivity index (χ0v) is 22.4. The summed E-state index contributed by atoms with van der Waals surface area (Å²) in [6, 6.07) is 19.7. The van der Waals surface area contributed by atoms with E-state index in [9.17, 15) is 21.0 Å². The highest BCUT2D eigenvalue weighted by atomic mass is 19.4. The van der Waals surface area contributed by atoms with E-state index in [4.69, 9.17) is 13.1 Å². The number of hydrogen-bond donors (Lipinski definition) is 0. The minimum atomic E-state index is -4.95. The van der Waals surface area contributed by atoms with E-state index in [0.29, 0.717) is 49.7 Å². The molecule has 0 heterocycles. The molecule has 2 aliphatic carbocycles. The van der Waals surface area contributed by atoms with Crippen molar-refractivity contribution < 1.29 is 13.2 Å². The van der Waals surface area contributed by atoms with E-state index in [1.165, 1.54) is 12.1 Å². The van der Waals surface area contributed by atoms with Gasteiger partial charge in [-0.25, -0.2) is 0 Å². The van der Waals surface area contributed by atoms with Crippen molar-refractivity contribution in [3.63, 3.8) is 0 Å². The molecule has 6 nitrogen and oxygen atoms in total. The predicted molar refractivity (Wildman–Crippen MR) is 150 cm³/mol. The highest BCUT2D eigenvalue weighted by molar-refractivity contribution is 5.93. The number of halogens is 3. The van der Waals surface area contributed by atoms with Gasteiger partial charge in [-0.15, -0.1) is 0 Å². The lowest BCUT2D eigenvalue weighted by atomic mass is 9.86. The zero-order chi connectivity index (χ0) is 31.1. The van der Waals surface area contributed by atoms with Crippen molar-refractivity contribution in [3.05, 3.63) is 127 Å². The molecule has 43 heavy (non-hydrogen) atoms. The lowest BCUT2D eigenvalue weighted by Crippen LogP contribution is -2.27. The second kappa shape index (κ2) is 10.5. The number of nitrogens with zero attached hydrogens (tertiary/aromatic N) is 6. The number of rotatable bonds is 2. The minimum Gasteiger partial charge on any atom is -0.192 e. The first-order chi connectivity index (χ1) is 20.6. The normalized spacial score (nSPS) is 13.1. The first kappa shape index (κ1) is 28.1. The van der Waals surface area contributed by atoms with Crippen LogP contribution in [0.5, 0.6) is 0 Å². The molecule has 0 saturated heterocycles. The van der Waals surface area contributed by atoms with Gasteiger partial charge in [-0.05, 0) is 92.6 Å². The average Bonchev–Trinajstić information content (AvgIpc) is 3.56. The van der Waals surface area contributed by atoms with Crippen LogP contribution in [0.4, 0.5) is 13.2 Å². The van der Waals surface area contributed by atoms with E-state index in [-0.39, 0.29) is 35.0 Å². The second-order valence-corrected chi connectivity index (χ2v) is 9.79. The molecule has 0 N–H and O–H groups in total. The SMILES string of the molecule is [C-]#[N+]C([N+]#[C-])=C1Cc2c(-c3ccc(C#N)cc3)c3c(c(-c4ccc(C#N)cc4)c2=C1C)CC(=C(C#N)C#N)C=3C(F)(F)F. The highest BCUT2D eigenvalue weighted by Gasteiger charge is 2.44. The fraction of sp³-hybridized carbons (Fsp3) is 0.118. The van der Waals surface area contributed by atoms with Crippen LogP contribution in [0.15, 0.2) is 71.1 Å². The first-order valence-electron chi connectivity index (χ1n) is 12.7. The lowest BCUT2D eigenvalue weighted by molar-refractivity contribution is -0.0695. The van der Waals surface area contributed by atoms with E-state index in [1.54, 1.807) is 55.5 Å². The van der Waals surface area contributed by atoms with Gasteiger partial charge in [0.2, 0.25) is 0 Å². The van der Waals surface area contributed by atoms with Crippen molar-refractivity contribution in [1.82, 2.24) is 0 Å². The molecule has 0 aliphatic heterocycles. The van der Waals surface area contributed by atoms with Gasteiger partial charge >= 0.3 is 12.0 Å². The molecular weight excluding hydrogens is 549 g/mol. The minimum absolute atomic E-state index is 0.000690. The van der Waals surface area contributed by atoms with Gasteiger partial charge in [-0.2, -0.15) is 43.9 Å². The van der Waals surface area contributed by atoms with Crippen LogP contribution in [-0.2, 0) is 12.8 Å².